The molecule has 3 heterocycles. The fraction of sp³-hybridized carbons (Fsp3) is 0.209. The van der Waals surface area contributed by atoms with Gasteiger partial charge in [-0.25, -0.2) is 23.4 Å². The van der Waals surface area contributed by atoms with E-state index in [1.165, 1.54) is 69.1 Å². The number of carbonyl (C=O) groups is 3. The molecule has 0 spiro atoms. The third-order valence-corrected chi connectivity index (χ3v) is 10.0. The van der Waals surface area contributed by atoms with Gasteiger partial charge in [-0.3, -0.25) is 14.4 Å². The zero-order chi connectivity index (χ0) is 43.6. The number of hydrogen-bond acceptors (Lipinski definition) is 11. The van der Waals surface area contributed by atoms with Gasteiger partial charge in [-0.2, -0.15) is 5.10 Å². The number of aromatic nitrogens is 4. The van der Waals surface area contributed by atoms with E-state index >= 15 is 0 Å². The van der Waals surface area contributed by atoms with Crippen molar-refractivity contribution >= 4 is 47.2 Å². The van der Waals surface area contributed by atoms with Crippen molar-refractivity contribution in [1.82, 2.24) is 35.3 Å². The highest BCUT2D eigenvalue weighted by Gasteiger charge is 2.28. The zero-order valence-corrected chi connectivity index (χ0v) is 33.3. The van der Waals surface area contributed by atoms with Gasteiger partial charge >= 0.3 is 7.12 Å². The molecule has 15 nitrogen and oxygen atoms in total. The summed E-state index contributed by atoms with van der Waals surface area (Å²) in [7, 11) is 1.15. The Bertz CT molecular complexity index is 2540. The first-order valence-corrected chi connectivity index (χ1v) is 19.1. The molecule has 7 rings (SSSR count). The summed E-state index contributed by atoms with van der Waals surface area (Å²) in [4.78, 5) is 47.2. The molecule has 0 radical (unpaired) electrons. The second-order valence-electron chi connectivity index (χ2n) is 13.9. The molecule has 0 aliphatic carbocycles. The Morgan fingerprint density at radius 3 is 1.95 bits per heavy atom. The van der Waals surface area contributed by atoms with Crippen molar-refractivity contribution in [2.45, 2.75) is 32.0 Å². The number of benzene rings is 4. The van der Waals surface area contributed by atoms with Crippen LogP contribution in [0.15, 0.2) is 104 Å². The number of methoxy groups -OCH3 is 2. The highest BCUT2D eigenvalue weighted by Crippen LogP contribution is 2.34. The molecule has 1 aliphatic rings. The summed E-state index contributed by atoms with van der Waals surface area (Å²) in [5.41, 5.74) is 10.0. The normalized spacial score (nSPS) is 13.4. The minimum absolute atomic E-state index is 0.00827. The van der Waals surface area contributed by atoms with Crippen molar-refractivity contribution in [2.24, 2.45) is 0 Å². The Morgan fingerprint density at radius 2 is 1.43 bits per heavy atom. The van der Waals surface area contributed by atoms with E-state index in [2.05, 4.69) is 27.2 Å². The van der Waals surface area contributed by atoms with Crippen LogP contribution < -0.4 is 31.3 Å². The molecule has 6 N–H and O–H groups in total. The average Bonchev–Trinajstić information content (AvgIpc) is 3.69. The Kier molecular flexibility index (Phi) is 14.0. The van der Waals surface area contributed by atoms with Crippen LogP contribution in [0.5, 0.6) is 11.5 Å². The molecule has 3 amide bonds. The summed E-state index contributed by atoms with van der Waals surface area (Å²) in [6.07, 6.45) is 4.41. The van der Waals surface area contributed by atoms with Crippen LogP contribution in [0.25, 0.3) is 22.3 Å². The van der Waals surface area contributed by atoms with Crippen LogP contribution in [0.4, 0.5) is 14.6 Å². The summed E-state index contributed by atoms with van der Waals surface area (Å²) in [5, 5.41) is 28.8. The number of carbonyl (C=O) groups excluding carboxylic acids is 3. The van der Waals surface area contributed by atoms with E-state index in [0.717, 1.165) is 29.5 Å². The van der Waals surface area contributed by atoms with Crippen molar-refractivity contribution < 1.29 is 42.7 Å². The molecule has 314 valence electrons. The predicted molar refractivity (Wildman–Crippen MR) is 225 cm³/mol. The molecule has 1 atom stereocenters. The van der Waals surface area contributed by atoms with Crippen molar-refractivity contribution in [2.75, 3.05) is 33.0 Å². The standard InChI is InChI=1S/C28H28FN7O3.C15H15BFNO4/c1-3-22(37)35-13-5-6-19(15-35)36-27-23(26(30)32-16-33-27)25(34-36)18-11-9-17(10-12-18)14-31-28(38)20-7-4-8-21(39-2)24(20)29;1-22-13-4-2-3-12(14(13)17)15(19)18-9-10-5-7-11(8-6-10)16(20)21/h3-4,7-12,16,19H,1,5-6,13-15H2,2H3,(H,31,38)(H2,30,32,33);2-8,20-21H,9H2,1H3,(H,18,19)/t19-;/m1./s1. The van der Waals surface area contributed by atoms with Gasteiger partial charge in [-0.1, -0.05) is 67.2 Å². The number of hydrogen-bond donors (Lipinski definition) is 5. The minimum Gasteiger partial charge on any atom is -0.494 e. The second-order valence-corrected chi connectivity index (χ2v) is 13.9. The summed E-state index contributed by atoms with van der Waals surface area (Å²) in [6.45, 7) is 5.16. The Labute approximate surface area is 350 Å². The van der Waals surface area contributed by atoms with Gasteiger partial charge in [0, 0.05) is 31.7 Å². The number of fused-ring (bicyclic) bond motifs is 1. The maximum Gasteiger partial charge on any atom is 0.488 e. The number of nitrogens with zero attached hydrogens (tertiary/aromatic N) is 5. The molecular weight excluding hydrogens is 789 g/mol. The van der Waals surface area contributed by atoms with Gasteiger partial charge in [0.15, 0.2) is 28.8 Å². The lowest BCUT2D eigenvalue weighted by molar-refractivity contribution is -0.127. The summed E-state index contributed by atoms with van der Waals surface area (Å²) in [5.74, 6) is -2.28. The maximum atomic E-state index is 14.4. The number of anilines is 1. The van der Waals surface area contributed by atoms with Crippen LogP contribution in [0.1, 0.15) is 50.7 Å². The maximum absolute atomic E-state index is 14.4. The van der Waals surface area contributed by atoms with Gasteiger partial charge in [0.2, 0.25) is 5.91 Å². The molecule has 0 saturated carbocycles. The van der Waals surface area contributed by atoms with Crippen molar-refractivity contribution in [3.05, 3.63) is 138 Å². The summed E-state index contributed by atoms with van der Waals surface area (Å²) < 4.78 is 40.0. The topological polar surface area (TPSA) is 207 Å². The van der Waals surface area contributed by atoms with E-state index in [-0.39, 0.29) is 47.7 Å². The second kappa shape index (κ2) is 19.7. The zero-order valence-electron chi connectivity index (χ0n) is 33.3. The highest BCUT2D eigenvalue weighted by molar-refractivity contribution is 6.58. The van der Waals surface area contributed by atoms with E-state index in [0.29, 0.717) is 41.1 Å². The third kappa shape index (κ3) is 10.00. The molecule has 4 aromatic carbocycles. The number of ether oxygens (including phenoxy) is 2. The number of likely N-dealkylation sites (tertiary alicyclic amines) is 1. The van der Waals surface area contributed by atoms with Gasteiger partial charge in [0.05, 0.1) is 36.8 Å². The van der Waals surface area contributed by atoms with Gasteiger partial charge in [0.25, 0.3) is 11.8 Å². The molecule has 2 aromatic heterocycles. The van der Waals surface area contributed by atoms with E-state index in [1.54, 1.807) is 23.1 Å². The Balaban J connectivity index is 0.000000240. The molecule has 1 saturated heterocycles. The molecule has 1 aliphatic heterocycles. The number of nitrogen functional groups attached to an aromatic ring is 1. The van der Waals surface area contributed by atoms with Gasteiger partial charge in [-0.05, 0) is 59.8 Å². The third-order valence-electron chi connectivity index (χ3n) is 10.0. The number of rotatable bonds is 12. The van der Waals surface area contributed by atoms with Crippen molar-refractivity contribution in [3.63, 3.8) is 0 Å². The van der Waals surface area contributed by atoms with E-state index < -0.39 is 30.6 Å². The molecule has 18 heteroatoms. The number of halogens is 2. The molecule has 6 aromatic rings. The van der Waals surface area contributed by atoms with Crippen LogP contribution in [-0.2, 0) is 17.9 Å². The first-order chi connectivity index (χ1) is 29.4. The first kappa shape index (κ1) is 43.4. The van der Waals surface area contributed by atoms with Crippen molar-refractivity contribution in [1.29, 1.82) is 0 Å². The lowest BCUT2D eigenvalue weighted by Gasteiger charge is -2.32. The number of nitrogens with one attached hydrogen (secondary N) is 2. The lowest BCUT2D eigenvalue weighted by atomic mass is 9.80. The Morgan fingerprint density at radius 1 is 0.869 bits per heavy atom. The SMILES string of the molecule is C=CC(=O)N1CCC[C@@H](n2nc(-c3ccc(CNC(=O)c4cccc(OC)c4F)cc3)c3c(N)ncnc32)C1.COc1cccc(C(=O)NCc2ccc(B(O)O)cc2)c1F. The molecule has 1 fully saturated rings. The summed E-state index contributed by atoms with van der Waals surface area (Å²) in [6, 6.07) is 22.5. The van der Waals surface area contributed by atoms with E-state index in [1.807, 2.05) is 28.9 Å². The smallest absolute Gasteiger partial charge is 0.488 e. The van der Waals surface area contributed by atoms with Gasteiger partial charge in [0.1, 0.15) is 17.8 Å². The van der Waals surface area contributed by atoms with Gasteiger partial charge in [-0.15, -0.1) is 0 Å². The van der Waals surface area contributed by atoms with Crippen LogP contribution >= 0.6 is 0 Å². The number of nitrogens with two attached hydrogens (primary N) is 1. The first-order valence-electron chi connectivity index (χ1n) is 19.1. The van der Waals surface area contributed by atoms with Crippen molar-refractivity contribution in [3.8, 4) is 22.8 Å². The molecule has 61 heavy (non-hydrogen) atoms. The molecule has 0 unspecified atom stereocenters. The molecular formula is C43H43BF2N8O7. The Hall–Kier alpha value is -7.18. The number of piperidine rings is 1. The average molecular weight is 833 g/mol. The predicted octanol–water partition coefficient (Wildman–Crippen LogP) is 3.95. The highest BCUT2D eigenvalue weighted by atomic mass is 19.1. The lowest BCUT2D eigenvalue weighted by Crippen LogP contribution is -2.40. The van der Waals surface area contributed by atoms with Crippen LogP contribution in [0, 0.1) is 11.6 Å². The van der Waals surface area contributed by atoms with E-state index in [4.69, 9.17) is 30.4 Å². The fourth-order valence-corrected chi connectivity index (χ4v) is 6.77. The largest absolute Gasteiger partial charge is 0.494 e. The van der Waals surface area contributed by atoms with Crippen LogP contribution in [0.2, 0.25) is 0 Å². The quantitative estimate of drug-likeness (QED) is 0.0882. The minimum atomic E-state index is -1.53. The fourth-order valence-electron chi connectivity index (χ4n) is 6.77. The van der Waals surface area contributed by atoms with Gasteiger partial charge < -0.3 is 40.8 Å². The van der Waals surface area contributed by atoms with Crippen LogP contribution in [-0.4, -0.2) is 86.8 Å². The van der Waals surface area contributed by atoms with E-state index in [9.17, 15) is 23.2 Å². The van der Waals surface area contributed by atoms with Crippen LogP contribution in [0.3, 0.4) is 0 Å². The number of amides is 3. The monoisotopic (exact) mass is 832 g/mol. The molecule has 0 bridgehead atoms. The summed E-state index contributed by atoms with van der Waals surface area (Å²) >= 11 is 0.